The van der Waals surface area contributed by atoms with Crippen LogP contribution in [-0.2, 0) is 5.60 Å². The highest BCUT2D eigenvalue weighted by atomic mass is 19.4. The number of hydrogen-bond acceptors (Lipinski definition) is 3. The first-order valence-electron chi connectivity index (χ1n) is 7.98. The Balaban J connectivity index is 1.83. The summed E-state index contributed by atoms with van der Waals surface area (Å²) in [6, 6.07) is 2.21. The molecule has 24 heavy (non-hydrogen) atoms. The van der Waals surface area contributed by atoms with Gasteiger partial charge in [-0.25, -0.2) is 4.79 Å². The van der Waals surface area contributed by atoms with Gasteiger partial charge < -0.3 is 20.2 Å². The molecule has 1 heterocycles. The molecule has 2 amide bonds. The third-order valence-corrected chi connectivity index (χ3v) is 4.34. The van der Waals surface area contributed by atoms with Gasteiger partial charge in [0.05, 0.1) is 12.5 Å². The maximum absolute atomic E-state index is 12.8. The lowest BCUT2D eigenvalue weighted by Gasteiger charge is -2.31. The molecule has 8 heteroatoms. The summed E-state index contributed by atoms with van der Waals surface area (Å²) in [7, 11) is 0. The Morgan fingerprint density at radius 1 is 1.38 bits per heavy atom. The predicted molar refractivity (Wildman–Crippen MR) is 81.4 cm³/mol. The molecule has 1 aromatic rings. The number of carbonyl (C=O) groups is 1. The molecule has 1 aromatic heterocycles. The Morgan fingerprint density at radius 2 is 2.08 bits per heavy atom. The van der Waals surface area contributed by atoms with Gasteiger partial charge in [0.15, 0.2) is 0 Å². The molecule has 0 radical (unpaired) electrons. The Bertz CT molecular complexity index is 569. The summed E-state index contributed by atoms with van der Waals surface area (Å²) < 4.78 is 43.7. The number of halogens is 3. The lowest BCUT2D eigenvalue weighted by atomic mass is 9.85. The lowest BCUT2D eigenvalue weighted by Crippen LogP contribution is -2.48. The van der Waals surface area contributed by atoms with E-state index >= 15 is 0 Å². The van der Waals surface area contributed by atoms with Crippen molar-refractivity contribution in [3.05, 3.63) is 23.7 Å². The highest BCUT2D eigenvalue weighted by Gasteiger charge is 2.42. The second-order valence-corrected chi connectivity index (χ2v) is 6.61. The standard InChI is InChI=1S/C16H23F3N2O3/c1-10-6-7-13(24-10)15(2,23)9-20-14(22)21-12-5-3-4-11(8-12)16(17,18)19/h6-7,11-12,23H,3-5,8-9H2,1-2H3,(H2,20,21,22)/t11-,12+,15-/m1/s1. The summed E-state index contributed by atoms with van der Waals surface area (Å²) in [6.45, 7) is 3.12. The number of urea groups is 1. The van der Waals surface area contributed by atoms with Crippen molar-refractivity contribution < 1.29 is 27.5 Å². The van der Waals surface area contributed by atoms with Crippen molar-refractivity contribution >= 4 is 6.03 Å². The molecular formula is C16H23F3N2O3. The van der Waals surface area contributed by atoms with Crippen LogP contribution in [0.1, 0.15) is 44.1 Å². The lowest BCUT2D eigenvalue weighted by molar-refractivity contribution is -0.183. The van der Waals surface area contributed by atoms with E-state index in [4.69, 9.17) is 4.42 Å². The molecule has 0 aromatic carbocycles. The minimum absolute atomic E-state index is 0.106. The number of nitrogens with one attached hydrogen (secondary N) is 2. The molecule has 136 valence electrons. The van der Waals surface area contributed by atoms with Gasteiger partial charge in [-0.15, -0.1) is 0 Å². The quantitative estimate of drug-likeness (QED) is 0.782. The molecule has 0 aliphatic heterocycles. The van der Waals surface area contributed by atoms with E-state index in [-0.39, 0.29) is 19.4 Å². The zero-order valence-corrected chi connectivity index (χ0v) is 13.7. The largest absolute Gasteiger partial charge is 0.463 e. The SMILES string of the molecule is Cc1ccc([C@](C)(O)CNC(=O)N[C@H]2CCC[C@@H](C(F)(F)F)C2)o1. The number of rotatable bonds is 4. The summed E-state index contributed by atoms with van der Waals surface area (Å²) in [5, 5.41) is 15.4. The van der Waals surface area contributed by atoms with Crippen LogP contribution in [-0.4, -0.2) is 29.9 Å². The maximum Gasteiger partial charge on any atom is 0.391 e. The van der Waals surface area contributed by atoms with Crippen molar-refractivity contribution in [2.24, 2.45) is 5.92 Å². The van der Waals surface area contributed by atoms with E-state index in [1.165, 1.54) is 6.92 Å². The average molecular weight is 348 g/mol. The summed E-state index contributed by atoms with van der Waals surface area (Å²) >= 11 is 0. The molecule has 0 bridgehead atoms. The van der Waals surface area contributed by atoms with Gasteiger partial charge in [-0.3, -0.25) is 0 Å². The Labute approximate surface area is 138 Å². The molecule has 1 aliphatic rings. The molecule has 0 spiro atoms. The highest BCUT2D eigenvalue weighted by Crippen LogP contribution is 2.37. The molecule has 1 saturated carbocycles. The fourth-order valence-corrected chi connectivity index (χ4v) is 2.92. The second kappa shape index (κ2) is 7.04. The normalized spacial score (nSPS) is 24.2. The van der Waals surface area contributed by atoms with Crippen molar-refractivity contribution in [3.8, 4) is 0 Å². The summed E-state index contributed by atoms with van der Waals surface area (Å²) in [6.07, 6.45) is -3.27. The van der Waals surface area contributed by atoms with Crippen molar-refractivity contribution in [1.29, 1.82) is 0 Å². The number of alkyl halides is 3. The van der Waals surface area contributed by atoms with Gasteiger partial charge in [0.25, 0.3) is 0 Å². The predicted octanol–water partition coefficient (Wildman–Crippen LogP) is 3.22. The van der Waals surface area contributed by atoms with Crippen molar-refractivity contribution in [2.45, 2.75) is 57.3 Å². The first-order chi connectivity index (χ1) is 11.1. The first-order valence-corrected chi connectivity index (χ1v) is 7.98. The number of furan rings is 1. The number of hydrogen-bond donors (Lipinski definition) is 3. The van der Waals surface area contributed by atoms with E-state index < -0.39 is 29.8 Å². The van der Waals surface area contributed by atoms with Crippen LogP contribution in [0.5, 0.6) is 0 Å². The van der Waals surface area contributed by atoms with Gasteiger partial charge in [0.2, 0.25) is 0 Å². The molecule has 5 nitrogen and oxygen atoms in total. The van der Waals surface area contributed by atoms with E-state index in [2.05, 4.69) is 10.6 Å². The van der Waals surface area contributed by atoms with Crippen LogP contribution in [0.2, 0.25) is 0 Å². The topological polar surface area (TPSA) is 74.5 Å². The number of aliphatic hydroxyl groups is 1. The summed E-state index contributed by atoms with van der Waals surface area (Å²) in [5.74, 6) is -0.420. The molecule has 1 aliphatic carbocycles. The number of carbonyl (C=O) groups excluding carboxylic acids is 1. The summed E-state index contributed by atoms with van der Waals surface area (Å²) in [4.78, 5) is 11.9. The molecular weight excluding hydrogens is 325 g/mol. The van der Waals surface area contributed by atoms with Gasteiger partial charge in [-0.1, -0.05) is 6.42 Å². The third-order valence-electron chi connectivity index (χ3n) is 4.34. The fraction of sp³-hybridized carbons (Fsp3) is 0.688. The number of amides is 2. The molecule has 0 saturated heterocycles. The highest BCUT2D eigenvalue weighted by molar-refractivity contribution is 5.74. The van der Waals surface area contributed by atoms with Crippen LogP contribution in [0.15, 0.2) is 16.5 Å². The van der Waals surface area contributed by atoms with Gasteiger partial charge in [0.1, 0.15) is 17.1 Å². The molecule has 2 rings (SSSR count). The smallest absolute Gasteiger partial charge is 0.391 e. The van der Waals surface area contributed by atoms with Crippen molar-refractivity contribution in [2.75, 3.05) is 6.54 Å². The zero-order chi connectivity index (χ0) is 18.0. The van der Waals surface area contributed by atoms with Crippen molar-refractivity contribution in [1.82, 2.24) is 10.6 Å². The Hall–Kier alpha value is -1.70. The monoisotopic (exact) mass is 348 g/mol. The maximum atomic E-state index is 12.8. The van der Waals surface area contributed by atoms with E-state index in [9.17, 15) is 23.1 Å². The van der Waals surface area contributed by atoms with Gasteiger partial charge >= 0.3 is 12.2 Å². The van der Waals surface area contributed by atoms with Crippen molar-refractivity contribution in [3.63, 3.8) is 0 Å². The van der Waals surface area contributed by atoms with E-state index in [0.717, 1.165) is 0 Å². The average Bonchev–Trinajstić information content (AvgIpc) is 2.92. The Morgan fingerprint density at radius 3 is 2.67 bits per heavy atom. The molecule has 3 atom stereocenters. The van der Waals surface area contributed by atoms with Crippen LogP contribution in [0, 0.1) is 12.8 Å². The van der Waals surface area contributed by atoms with Gasteiger partial charge in [0, 0.05) is 6.04 Å². The minimum Gasteiger partial charge on any atom is -0.463 e. The zero-order valence-electron chi connectivity index (χ0n) is 13.7. The van der Waals surface area contributed by atoms with Crippen LogP contribution < -0.4 is 10.6 Å². The van der Waals surface area contributed by atoms with Crippen LogP contribution in [0.4, 0.5) is 18.0 Å². The van der Waals surface area contributed by atoms with Crippen LogP contribution in [0.25, 0.3) is 0 Å². The van der Waals surface area contributed by atoms with E-state index in [1.54, 1.807) is 19.1 Å². The Kier molecular flexibility index (Phi) is 5.47. The fourth-order valence-electron chi connectivity index (χ4n) is 2.92. The third kappa shape index (κ3) is 4.90. The summed E-state index contributed by atoms with van der Waals surface area (Å²) in [5.41, 5.74) is -1.40. The van der Waals surface area contributed by atoms with Gasteiger partial charge in [-0.2, -0.15) is 13.2 Å². The number of aryl methyl sites for hydroxylation is 1. The molecule has 3 N–H and O–H groups in total. The van der Waals surface area contributed by atoms with E-state index in [0.29, 0.717) is 24.4 Å². The van der Waals surface area contributed by atoms with E-state index in [1.807, 2.05) is 0 Å². The molecule has 1 fully saturated rings. The molecule has 0 unspecified atom stereocenters. The van der Waals surface area contributed by atoms with Gasteiger partial charge in [-0.05, 0) is 45.2 Å². The first kappa shape index (κ1) is 18.6. The minimum atomic E-state index is -4.22. The van der Waals surface area contributed by atoms with Crippen LogP contribution >= 0.6 is 0 Å². The van der Waals surface area contributed by atoms with Crippen LogP contribution in [0.3, 0.4) is 0 Å². The second-order valence-electron chi connectivity index (χ2n) is 6.61.